The number of esters is 1. The maximum Gasteiger partial charge on any atom is 0.330 e. The van der Waals surface area contributed by atoms with Crippen molar-refractivity contribution in [1.82, 2.24) is 0 Å². The van der Waals surface area contributed by atoms with Gasteiger partial charge in [0.1, 0.15) is 0 Å². The van der Waals surface area contributed by atoms with Crippen molar-refractivity contribution in [3.8, 4) is 0 Å². The van der Waals surface area contributed by atoms with Crippen LogP contribution in [0.2, 0.25) is 0 Å². The molecular formula is C8H14O3. The average Bonchev–Trinajstić information content (AvgIpc) is 2.04. The zero-order valence-electron chi connectivity index (χ0n) is 7.00. The van der Waals surface area contributed by atoms with E-state index in [0.29, 0.717) is 6.61 Å². The minimum atomic E-state index is -0.343. The highest BCUT2D eigenvalue weighted by molar-refractivity contribution is 5.81. The van der Waals surface area contributed by atoms with Gasteiger partial charge in [-0.15, -0.1) is 0 Å². The summed E-state index contributed by atoms with van der Waals surface area (Å²) in [4.78, 5) is 10.5. The van der Waals surface area contributed by atoms with Crippen LogP contribution in [0.25, 0.3) is 0 Å². The number of methoxy groups -OCH3 is 1. The zero-order valence-corrected chi connectivity index (χ0v) is 7.00. The van der Waals surface area contributed by atoms with Crippen LogP contribution in [0, 0.1) is 0 Å². The summed E-state index contributed by atoms with van der Waals surface area (Å²) >= 11 is 0. The van der Waals surface area contributed by atoms with Gasteiger partial charge in [0, 0.05) is 12.7 Å². The van der Waals surface area contributed by atoms with E-state index in [0.717, 1.165) is 13.0 Å². The van der Waals surface area contributed by atoms with Gasteiger partial charge in [0.25, 0.3) is 0 Å². The van der Waals surface area contributed by atoms with Gasteiger partial charge in [-0.3, -0.25) is 0 Å². The lowest BCUT2D eigenvalue weighted by Crippen LogP contribution is -1.96. The van der Waals surface area contributed by atoms with Crippen molar-refractivity contribution in [2.75, 3.05) is 20.3 Å². The molecule has 64 valence electrons. The molecular weight excluding hydrogens is 144 g/mol. The maximum absolute atomic E-state index is 10.5. The minimum Gasteiger partial charge on any atom is -0.466 e. The molecule has 11 heavy (non-hydrogen) atoms. The summed E-state index contributed by atoms with van der Waals surface area (Å²) in [6, 6.07) is 0. The molecule has 0 aliphatic carbocycles. The number of hydrogen-bond acceptors (Lipinski definition) is 3. The van der Waals surface area contributed by atoms with Gasteiger partial charge in [0.2, 0.25) is 0 Å². The summed E-state index contributed by atoms with van der Waals surface area (Å²) in [7, 11) is 1.35. The molecule has 0 fully saturated rings. The molecule has 0 aromatic carbocycles. The van der Waals surface area contributed by atoms with Crippen LogP contribution in [-0.2, 0) is 14.3 Å². The van der Waals surface area contributed by atoms with Gasteiger partial charge in [-0.05, 0) is 6.42 Å². The van der Waals surface area contributed by atoms with Crippen LogP contribution in [0.15, 0.2) is 12.2 Å². The van der Waals surface area contributed by atoms with Crippen molar-refractivity contribution in [3.05, 3.63) is 12.2 Å². The summed E-state index contributed by atoms with van der Waals surface area (Å²) in [6.45, 7) is 3.23. The van der Waals surface area contributed by atoms with Crippen molar-refractivity contribution in [3.63, 3.8) is 0 Å². The Morgan fingerprint density at radius 1 is 1.55 bits per heavy atom. The molecule has 0 amide bonds. The van der Waals surface area contributed by atoms with E-state index in [2.05, 4.69) is 4.74 Å². The lowest BCUT2D eigenvalue weighted by molar-refractivity contribution is -0.134. The van der Waals surface area contributed by atoms with E-state index < -0.39 is 0 Å². The molecule has 0 bridgehead atoms. The molecule has 0 atom stereocenters. The third kappa shape index (κ3) is 7.06. The lowest BCUT2D eigenvalue weighted by atomic mass is 10.5. The molecule has 0 heterocycles. The first-order valence-corrected chi connectivity index (χ1v) is 3.63. The van der Waals surface area contributed by atoms with Crippen molar-refractivity contribution in [2.45, 2.75) is 13.3 Å². The monoisotopic (exact) mass is 158 g/mol. The Labute approximate surface area is 67.0 Å². The summed E-state index contributed by atoms with van der Waals surface area (Å²) in [5.74, 6) is -0.343. The fourth-order valence-corrected chi connectivity index (χ4v) is 0.508. The predicted molar refractivity (Wildman–Crippen MR) is 42.3 cm³/mol. The molecule has 0 aliphatic rings. The van der Waals surface area contributed by atoms with Crippen LogP contribution in [0.5, 0.6) is 0 Å². The van der Waals surface area contributed by atoms with E-state index >= 15 is 0 Å². The van der Waals surface area contributed by atoms with Gasteiger partial charge in [-0.1, -0.05) is 13.0 Å². The van der Waals surface area contributed by atoms with Crippen LogP contribution in [0.4, 0.5) is 0 Å². The SMILES string of the molecule is CCCOC/C=C/C(=O)OC. The van der Waals surface area contributed by atoms with E-state index in [1.54, 1.807) is 6.08 Å². The highest BCUT2D eigenvalue weighted by atomic mass is 16.5. The van der Waals surface area contributed by atoms with Gasteiger partial charge in [0.05, 0.1) is 13.7 Å². The van der Waals surface area contributed by atoms with E-state index in [4.69, 9.17) is 4.74 Å². The third-order valence-corrected chi connectivity index (χ3v) is 1.02. The second-order valence-electron chi connectivity index (χ2n) is 2.00. The van der Waals surface area contributed by atoms with Crippen LogP contribution >= 0.6 is 0 Å². The van der Waals surface area contributed by atoms with Gasteiger partial charge < -0.3 is 9.47 Å². The highest BCUT2D eigenvalue weighted by Crippen LogP contribution is 1.82. The van der Waals surface area contributed by atoms with Crippen LogP contribution < -0.4 is 0 Å². The van der Waals surface area contributed by atoms with Gasteiger partial charge in [-0.25, -0.2) is 4.79 Å². The first-order valence-electron chi connectivity index (χ1n) is 3.63. The number of hydrogen-bond donors (Lipinski definition) is 0. The summed E-state index contributed by atoms with van der Waals surface area (Å²) in [6.07, 6.45) is 3.99. The van der Waals surface area contributed by atoms with Crippen molar-refractivity contribution in [1.29, 1.82) is 0 Å². The Morgan fingerprint density at radius 3 is 2.82 bits per heavy atom. The van der Waals surface area contributed by atoms with Crippen molar-refractivity contribution in [2.24, 2.45) is 0 Å². The van der Waals surface area contributed by atoms with Gasteiger partial charge in [-0.2, -0.15) is 0 Å². The van der Waals surface area contributed by atoms with E-state index in [1.165, 1.54) is 13.2 Å². The smallest absolute Gasteiger partial charge is 0.330 e. The van der Waals surface area contributed by atoms with Crippen LogP contribution in [0.3, 0.4) is 0 Å². The Bertz CT molecular complexity index is 129. The normalized spacial score (nSPS) is 10.4. The Kier molecular flexibility index (Phi) is 6.73. The second kappa shape index (κ2) is 7.28. The number of carbonyl (C=O) groups is 1. The van der Waals surface area contributed by atoms with Crippen molar-refractivity contribution >= 4 is 5.97 Å². The lowest BCUT2D eigenvalue weighted by Gasteiger charge is -1.95. The number of carbonyl (C=O) groups excluding carboxylic acids is 1. The molecule has 3 heteroatoms. The van der Waals surface area contributed by atoms with Gasteiger partial charge >= 0.3 is 5.97 Å². The predicted octanol–water partition coefficient (Wildman–Crippen LogP) is 1.14. The summed E-state index contributed by atoms with van der Waals surface area (Å²) in [5.41, 5.74) is 0. The molecule has 0 saturated carbocycles. The Hall–Kier alpha value is -0.830. The average molecular weight is 158 g/mol. The van der Waals surface area contributed by atoms with E-state index in [1.807, 2.05) is 6.92 Å². The number of ether oxygens (including phenoxy) is 2. The summed E-state index contributed by atoms with van der Waals surface area (Å²) in [5, 5.41) is 0. The van der Waals surface area contributed by atoms with E-state index in [9.17, 15) is 4.79 Å². The third-order valence-electron chi connectivity index (χ3n) is 1.02. The standard InChI is InChI=1S/C8H14O3/c1-3-6-11-7-4-5-8(9)10-2/h4-5H,3,6-7H2,1-2H3/b5-4+. The van der Waals surface area contributed by atoms with Crippen LogP contribution in [0.1, 0.15) is 13.3 Å². The summed E-state index contributed by atoms with van der Waals surface area (Å²) < 4.78 is 9.46. The van der Waals surface area contributed by atoms with E-state index in [-0.39, 0.29) is 5.97 Å². The molecule has 0 unspecified atom stereocenters. The molecule has 0 spiro atoms. The largest absolute Gasteiger partial charge is 0.466 e. The molecule has 0 aliphatic heterocycles. The molecule has 0 rings (SSSR count). The molecule has 0 N–H and O–H groups in total. The fourth-order valence-electron chi connectivity index (χ4n) is 0.508. The first kappa shape index (κ1) is 10.2. The minimum absolute atomic E-state index is 0.343. The van der Waals surface area contributed by atoms with Crippen molar-refractivity contribution < 1.29 is 14.3 Å². The Balaban J connectivity index is 3.22. The first-order chi connectivity index (χ1) is 5.31. The Morgan fingerprint density at radius 2 is 2.27 bits per heavy atom. The molecule has 0 radical (unpaired) electrons. The second-order valence-corrected chi connectivity index (χ2v) is 2.00. The molecule has 3 nitrogen and oxygen atoms in total. The molecule has 0 aromatic rings. The van der Waals surface area contributed by atoms with Crippen LogP contribution in [-0.4, -0.2) is 26.3 Å². The van der Waals surface area contributed by atoms with Gasteiger partial charge in [0.15, 0.2) is 0 Å². The maximum atomic E-state index is 10.5. The molecule has 0 aromatic heterocycles. The molecule has 0 saturated heterocycles. The zero-order chi connectivity index (χ0) is 8.53. The topological polar surface area (TPSA) is 35.5 Å². The number of rotatable bonds is 5. The quantitative estimate of drug-likeness (QED) is 0.342. The fraction of sp³-hybridized carbons (Fsp3) is 0.625. The highest BCUT2D eigenvalue weighted by Gasteiger charge is 1.88.